The van der Waals surface area contributed by atoms with Crippen LogP contribution in [0.5, 0.6) is 0 Å². The molecule has 1 amide bonds. The van der Waals surface area contributed by atoms with Gasteiger partial charge >= 0.3 is 0 Å². The van der Waals surface area contributed by atoms with Crippen molar-refractivity contribution in [1.29, 1.82) is 0 Å². The predicted molar refractivity (Wildman–Crippen MR) is 48.1 cm³/mol. The molecule has 1 atom stereocenters. The molecule has 2 nitrogen and oxygen atoms in total. The number of halogens is 1. The standard InChI is InChI=1S/C9H14ClNO/c10-8(6-1-2-6)5-11-9(12)7-3-4-7/h6-8H,1-5H2,(H,11,12). The Balaban J connectivity index is 1.62. The Kier molecular flexibility index (Phi) is 2.26. The van der Waals surface area contributed by atoms with Gasteiger partial charge in [-0.05, 0) is 31.6 Å². The molecule has 0 spiro atoms. The SMILES string of the molecule is O=C(NCC(Cl)C1CC1)C1CC1. The summed E-state index contributed by atoms with van der Waals surface area (Å²) in [6, 6.07) is 0. The first-order chi connectivity index (χ1) is 5.77. The van der Waals surface area contributed by atoms with Crippen molar-refractivity contribution in [2.24, 2.45) is 11.8 Å². The third-order valence-electron chi connectivity index (χ3n) is 2.55. The quantitative estimate of drug-likeness (QED) is 0.665. The third-order valence-corrected chi connectivity index (χ3v) is 3.06. The van der Waals surface area contributed by atoms with Gasteiger partial charge in [-0.25, -0.2) is 0 Å². The van der Waals surface area contributed by atoms with Gasteiger partial charge in [-0.2, -0.15) is 0 Å². The molecule has 1 unspecified atom stereocenters. The normalized spacial score (nSPS) is 25.1. The van der Waals surface area contributed by atoms with E-state index in [4.69, 9.17) is 11.6 Å². The Morgan fingerprint density at radius 1 is 1.42 bits per heavy atom. The van der Waals surface area contributed by atoms with Crippen LogP contribution < -0.4 is 5.32 Å². The maximum Gasteiger partial charge on any atom is 0.223 e. The van der Waals surface area contributed by atoms with E-state index in [9.17, 15) is 4.79 Å². The largest absolute Gasteiger partial charge is 0.354 e. The lowest BCUT2D eigenvalue weighted by Gasteiger charge is -2.08. The molecule has 0 saturated heterocycles. The molecular weight excluding hydrogens is 174 g/mol. The van der Waals surface area contributed by atoms with E-state index in [-0.39, 0.29) is 11.3 Å². The predicted octanol–water partition coefficient (Wildman–Crippen LogP) is 1.53. The molecule has 0 aromatic heterocycles. The summed E-state index contributed by atoms with van der Waals surface area (Å²) in [6.45, 7) is 0.668. The zero-order chi connectivity index (χ0) is 8.55. The fourth-order valence-electron chi connectivity index (χ4n) is 1.31. The summed E-state index contributed by atoms with van der Waals surface area (Å²) >= 11 is 6.03. The van der Waals surface area contributed by atoms with Gasteiger partial charge in [-0.15, -0.1) is 11.6 Å². The van der Waals surface area contributed by atoms with Gasteiger partial charge in [0.15, 0.2) is 0 Å². The molecule has 3 heteroatoms. The minimum atomic E-state index is 0.174. The lowest BCUT2D eigenvalue weighted by atomic mass is 10.3. The zero-order valence-corrected chi connectivity index (χ0v) is 7.81. The Morgan fingerprint density at radius 2 is 2.08 bits per heavy atom. The fourth-order valence-corrected chi connectivity index (χ4v) is 1.64. The molecule has 0 bridgehead atoms. The highest BCUT2D eigenvalue weighted by Crippen LogP contribution is 2.35. The third kappa shape index (κ3) is 2.13. The van der Waals surface area contributed by atoms with Gasteiger partial charge in [0.05, 0.1) is 5.38 Å². The van der Waals surface area contributed by atoms with Crippen molar-refractivity contribution < 1.29 is 4.79 Å². The van der Waals surface area contributed by atoms with Crippen LogP contribution in [-0.4, -0.2) is 17.8 Å². The number of hydrogen-bond acceptors (Lipinski definition) is 1. The smallest absolute Gasteiger partial charge is 0.223 e. The highest BCUT2D eigenvalue weighted by Gasteiger charge is 2.32. The molecule has 0 aromatic rings. The molecule has 2 aliphatic rings. The minimum absolute atomic E-state index is 0.174. The van der Waals surface area contributed by atoms with Crippen molar-refractivity contribution in [3.05, 3.63) is 0 Å². The average molecular weight is 188 g/mol. The summed E-state index contributed by atoms with van der Waals surface area (Å²) in [5.74, 6) is 1.19. The highest BCUT2D eigenvalue weighted by atomic mass is 35.5. The molecule has 2 saturated carbocycles. The van der Waals surface area contributed by atoms with Gasteiger partial charge in [0.2, 0.25) is 5.91 Å². The van der Waals surface area contributed by atoms with Gasteiger partial charge in [-0.3, -0.25) is 4.79 Å². The molecule has 12 heavy (non-hydrogen) atoms. The molecule has 68 valence electrons. The van der Waals surface area contributed by atoms with Crippen molar-refractivity contribution in [2.45, 2.75) is 31.1 Å². The number of nitrogens with one attached hydrogen (secondary N) is 1. The van der Waals surface area contributed by atoms with Gasteiger partial charge < -0.3 is 5.32 Å². The lowest BCUT2D eigenvalue weighted by Crippen LogP contribution is -2.31. The summed E-state index contributed by atoms with van der Waals surface area (Å²) in [4.78, 5) is 11.2. The van der Waals surface area contributed by atoms with E-state index in [0.29, 0.717) is 18.4 Å². The number of hydrogen-bond donors (Lipinski definition) is 1. The number of alkyl halides is 1. The topological polar surface area (TPSA) is 29.1 Å². The molecule has 2 rings (SSSR count). The van der Waals surface area contributed by atoms with Crippen LogP contribution in [0.15, 0.2) is 0 Å². The first-order valence-electron chi connectivity index (χ1n) is 4.69. The molecule has 0 heterocycles. The number of rotatable bonds is 4. The average Bonchev–Trinajstić information content (AvgIpc) is 2.91. The van der Waals surface area contributed by atoms with Gasteiger partial charge in [-0.1, -0.05) is 0 Å². The van der Waals surface area contributed by atoms with Crippen LogP contribution in [0.4, 0.5) is 0 Å². The summed E-state index contributed by atoms with van der Waals surface area (Å²) in [5.41, 5.74) is 0. The second-order valence-electron chi connectivity index (χ2n) is 3.87. The zero-order valence-electron chi connectivity index (χ0n) is 7.05. The van der Waals surface area contributed by atoms with Crippen LogP contribution in [0.25, 0.3) is 0 Å². The first-order valence-corrected chi connectivity index (χ1v) is 5.13. The van der Waals surface area contributed by atoms with Gasteiger partial charge in [0, 0.05) is 12.5 Å². The van der Waals surface area contributed by atoms with E-state index in [2.05, 4.69) is 5.32 Å². The molecule has 0 aliphatic heterocycles. The monoisotopic (exact) mass is 187 g/mol. The molecule has 0 radical (unpaired) electrons. The summed E-state index contributed by atoms with van der Waals surface area (Å²) < 4.78 is 0. The Labute approximate surface area is 77.7 Å². The van der Waals surface area contributed by atoms with Gasteiger partial charge in [0.25, 0.3) is 0 Å². The van der Waals surface area contributed by atoms with E-state index in [1.807, 2.05) is 0 Å². The number of amides is 1. The second kappa shape index (κ2) is 3.25. The van der Waals surface area contributed by atoms with Crippen LogP contribution in [-0.2, 0) is 4.79 Å². The van der Waals surface area contributed by atoms with Crippen molar-refractivity contribution in [3.8, 4) is 0 Å². The van der Waals surface area contributed by atoms with Crippen LogP contribution in [0.1, 0.15) is 25.7 Å². The van der Waals surface area contributed by atoms with Crippen LogP contribution in [0.2, 0.25) is 0 Å². The summed E-state index contributed by atoms with van der Waals surface area (Å²) in [5, 5.41) is 3.07. The van der Waals surface area contributed by atoms with Crippen LogP contribution in [0.3, 0.4) is 0 Å². The Hall–Kier alpha value is -0.240. The molecule has 1 N–H and O–H groups in total. The van der Waals surface area contributed by atoms with Crippen LogP contribution >= 0.6 is 11.6 Å². The fraction of sp³-hybridized carbons (Fsp3) is 0.889. The number of carbonyl (C=O) groups is 1. The van der Waals surface area contributed by atoms with Gasteiger partial charge in [0.1, 0.15) is 0 Å². The Bertz CT molecular complexity index is 187. The maximum atomic E-state index is 11.2. The minimum Gasteiger partial charge on any atom is -0.354 e. The van der Waals surface area contributed by atoms with E-state index in [1.165, 1.54) is 12.8 Å². The van der Waals surface area contributed by atoms with E-state index < -0.39 is 0 Å². The molecule has 2 aliphatic carbocycles. The van der Waals surface area contributed by atoms with E-state index in [1.54, 1.807) is 0 Å². The highest BCUT2D eigenvalue weighted by molar-refractivity contribution is 6.21. The maximum absolute atomic E-state index is 11.2. The molecule has 0 aromatic carbocycles. The van der Waals surface area contributed by atoms with Crippen molar-refractivity contribution in [2.75, 3.05) is 6.54 Å². The Morgan fingerprint density at radius 3 is 2.58 bits per heavy atom. The molecule has 2 fully saturated rings. The van der Waals surface area contributed by atoms with Crippen molar-refractivity contribution in [1.82, 2.24) is 5.32 Å². The first kappa shape index (κ1) is 8.36. The van der Waals surface area contributed by atoms with E-state index in [0.717, 1.165) is 12.8 Å². The summed E-state index contributed by atoms with van der Waals surface area (Å²) in [6.07, 6.45) is 4.63. The van der Waals surface area contributed by atoms with Crippen molar-refractivity contribution in [3.63, 3.8) is 0 Å². The van der Waals surface area contributed by atoms with Crippen LogP contribution in [0, 0.1) is 11.8 Å². The summed E-state index contributed by atoms with van der Waals surface area (Å²) in [7, 11) is 0. The second-order valence-corrected chi connectivity index (χ2v) is 4.43. The lowest BCUT2D eigenvalue weighted by molar-refractivity contribution is -0.122. The number of carbonyl (C=O) groups excluding carboxylic acids is 1. The van der Waals surface area contributed by atoms with Crippen molar-refractivity contribution >= 4 is 17.5 Å². The molecular formula is C9H14ClNO. The van der Waals surface area contributed by atoms with E-state index >= 15 is 0 Å².